The molecule has 0 aromatic rings. The Kier molecular flexibility index (Phi) is 5.00. The molecule has 1 aliphatic rings. The highest BCUT2D eigenvalue weighted by Gasteiger charge is 2.27. The Morgan fingerprint density at radius 1 is 1.50 bits per heavy atom. The maximum atomic E-state index is 11.9. The van der Waals surface area contributed by atoms with Gasteiger partial charge in [0.1, 0.15) is 0 Å². The Hall–Kier alpha value is -0.830. The molecular formula is C13H24N2O. The first-order valence-corrected chi connectivity index (χ1v) is 6.33. The van der Waals surface area contributed by atoms with Crippen LogP contribution in [0.4, 0.5) is 0 Å². The minimum atomic E-state index is -0.195. The smallest absolute Gasteiger partial charge is 0.221 e. The maximum absolute atomic E-state index is 11.9. The molecule has 16 heavy (non-hydrogen) atoms. The van der Waals surface area contributed by atoms with E-state index >= 15 is 0 Å². The minimum absolute atomic E-state index is 0.144. The first-order valence-electron chi connectivity index (χ1n) is 6.33. The van der Waals surface area contributed by atoms with Gasteiger partial charge >= 0.3 is 0 Å². The molecule has 0 saturated carbocycles. The maximum Gasteiger partial charge on any atom is 0.221 e. The highest BCUT2D eigenvalue weighted by atomic mass is 16.1. The van der Waals surface area contributed by atoms with E-state index < -0.39 is 0 Å². The van der Waals surface area contributed by atoms with E-state index in [0.29, 0.717) is 18.9 Å². The lowest BCUT2D eigenvalue weighted by Crippen LogP contribution is -2.53. The van der Waals surface area contributed by atoms with Crippen molar-refractivity contribution in [1.82, 2.24) is 5.32 Å². The fraction of sp³-hybridized carbons (Fsp3) is 0.769. The number of allylic oxidation sites excluding steroid dienone is 2. The Balaban J connectivity index is 2.44. The number of rotatable bonds is 6. The molecule has 0 saturated heterocycles. The molecule has 3 nitrogen and oxygen atoms in total. The summed E-state index contributed by atoms with van der Waals surface area (Å²) >= 11 is 0. The highest BCUT2D eigenvalue weighted by molar-refractivity contribution is 5.77. The third kappa shape index (κ3) is 3.34. The van der Waals surface area contributed by atoms with Crippen LogP contribution >= 0.6 is 0 Å². The van der Waals surface area contributed by atoms with Crippen LogP contribution in [0.1, 0.15) is 46.0 Å². The summed E-state index contributed by atoms with van der Waals surface area (Å²) in [5, 5.41) is 3.11. The highest BCUT2D eigenvalue weighted by Crippen LogP contribution is 2.21. The molecule has 92 valence electrons. The van der Waals surface area contributed by atoms with E-state index in [1.807, 2.05) is 0 Å². The van der Waals surface area contributed by atoms with Gasteiger partial charge in [0.2, 0.25) is 5.91 Å². The summed E-state index contributed by atoms with van der Waals surface area (Å²) < 4.78 is 0. The molecule has 0 aliphatic heterocycles. The van der Waals surface area contributed by atoms with Crippen molar-refractivity contribution in [2.24, 2.45) is 11.7 Å². The van der Waals surface area contributed by atoms with E-state index in [9.17, 15) is 4.79 Å². The molecular weight excluding hydrogens is 200 g/mol. The zero-order chi connectivity index (χ0) is 12.0. The molecule has 1 amide bonds. The van der Waals surface area contributed by atoms with Crippen molar-refractivity contribution in [2.75, 3.05) is 6.54 Å². The largest absolute Gasteiger partial charge is 0.349 e. The minimum Gasteiger partial charge on any atom is -0.349 e. The summed E-state index contributed by atoms with van der Waals surface area (Å²) in [5.74, 6) is 0.579. The predicted molar refractivity (Wildman–Crippen MR) is 67.0 cm³/mol. The summed E-state index contributed by atoms with van der Waals surface area (Å²) in [7, 11) is 0. The topological polar surface area (TPSA) is 55.1 Å². The molecule has 1 aliphatic carbocycles. The fourth-order valence-electron chi connectivity index (χ4n) is 2.22. The normalized spacial score (nSPS) is 20.1. The monoisotopic (exact) mass is 224 g/mol. The lowest BCUT2D eigenvalue weighted by Gasteiger charge is -2.31. The molecule has 0 aromatic carbocycles. The van der Waals surface area contributed by atoms with Gasteiger partial charge in [-0.05, 0) is 31.6 Å². The second-order valence-electron chi connectivity index (χ2n) is 4.71. The quantitative estimate of drug-likeness (QED) is 0.678. The van der Waals surface area contributed by atoms with Crippen LogP contribution < -0.4 is 11.1 Å². The molecule has 0 bridgehead atoms. The molecule has 1 atom stereocenters. The molecule has 0 fully saturated rings. The molecule has 1 unspecified atom stereocenters. The second kappa shape index (κ2) is 6.04. The Morgan fingerprint density at radius 3 is 2.62 bits per heavy atom. The van der Waals surface area contributed by atoms with Gasteiger partial charge in [-0.1, -0.05) is 26.0 Å². The number of amides is 1. The van der Waals surface area contributed by atoms with Crippen LogP contribution in [0.15, 0.2) is 12.2 Å². The summed E-state index contributed by atoms with van der Waals surface area (Å²) in [6.07, 6.45) is 8.94. The van der Waals surface area contributed by atoms with Crippen LogP contribution in [-0.2, 0) is 4.79 Å². The van der Waals surface area contributed by atoms with Crippen molar-refractivity contribution >= 4 is 5.91 Å². The predicted octanol–water partition coefficient (Wildman–Crippen LogP) is 1.98. The van der Waals surface area contributed by atoms with Crippen LogP contribution in [-0.4, -0.2) is 18.0 Å². The van der Waals surface area contributed by atoms with Gasteiger partial charge in [0.05, 0.1) is 5.54 Å². The zero-order valence-corrected chi connectivity index (χ0v) is 10.5. The SMILES string of the molecule is CCC(CC)(CN)NC(=O)CC1C=CCC1. The zero-order valence-electron chi connectivity index (χ0n) is 10.5. The van der Waals surface area contributed by atoms with Gasteiger partial charge in [0, 0.05) is 13.0 Å². The summed E-state index contributed by atoms with van der Waals surface area (Å²) in [6, 6.07) is 0. The van der Waals surface area contributed by atoms with Gasteiger partial charge in [-0.3, -0.25) is 4.79 Å². The Bertz CT molecular complexity index is 248. The number of nitrogens with one attached hydrogen (secondary N) is 1. The van der Waals surface area contributed by atoms with E-state index in [4.69, 9.17) is 5.73 Å². The molecule has 0 heterocycles. The summed E-state index contributed by atoms with van der Waals surface area (Å²) in [4.78, 5) is 11.9. The van der Waals surface area contributed by atoms with E-state index in [-0.39, 0.29) is 11.4 Å². The Morgan fingerprint density at radius 2 is 2.19 bits per heavy atom. The number of nitrogens with two attached hydrogens (primary N) is 1. The molecule has 0 spiro atoms. The van der Waals surface area contributed by atoms with Gasteiger partial charge in [-0.15, -0.1) is 0 Å². The van der Waals surface area contributed by atoms with Crippen molar-refractivity contribution in [3.05, 3.63) is 12.2 Å². The fourth-order valence-corrected chi connectivity index (χ4v) is 2.22. The van der Waals surface area contributed by atoms with Crippen molar-refractivity contribution in [3.8, 4) is 0 Å². The molecule has 1 rings (SSSR count). The number of hydrogen-bond acceptors (Lipinski definition) is 2. The van der Waals surface area contributed by atoms with E-state index in [1.54, 1.807) is 0 Å². The molecule has 0 aromatic heterocycles. The van der Waals surface area contributed by atoms with E-state index in [0.717, 1.165) is 25.7 Å². The lowest BCUT2D eigenvalue weighted by atomic mass is 9.92. The van der Waals surface area contributed by atoms with E-state index in [1.165, 1.54) is 0 Å². The third-order valence-electron chi connectivity index (χ3n) is 3.71. The summed E-state index contributed by atoms with van der Waals surface area (Å²) in [5.41, 5.74) is 5.56. The number of carbonyl (C=O) groups excluding carboxylic acids is 1. The van der Waals surface area contributed by atoms with Gasteiger partial charge in [-0.25, -0.2) is 0 Å². The second-order valence-corrected chi connectivity index (χ2v) is 4.71. The number of hydrogen-bond donors (Lipinski definition) is 2. The van der Waals surface area contributed by atoms with Crippen molar-refractivity contribution < 1.29 is 4.79 Å². The average Bonchev–Trinajstić information content (AvgIpc) is 2.79. The van der Waals surface area contributed by atoms with Gasteiger partial charge < -0.3 is 11.1 Å². The van der Waals surface area contributed by atoms with Crippen LogP contribution in [0.2, 0.25) is 0 Å². The molecule has 0 radical (unpaired) electrons. The third-order valence-corrected chi connectivity index (χ3v) is 3.71. The number of carbonyl (C=O) groups is 1. The van der Waals surface area contributed by atoms with Gasteiger partial charge in [-0.2, -0.15) is 0 Å². The van der Waals surface area contributed by atoms with Crippen LogP contribution in [0.25, 0.3) is 0 Å². The lowest BCUT2D eigenvalue weighted by molar-refractivity contribution is -0.123. The van der Waals surface area contributed by atoms with Gasteiger partial charge in [0.15, 0.2) is 0 Å². The van der Waals surface area contributed by atoms with Crippen LogP contribution in [0.5, 0.6) is 0 Å². The molecule has 3 heteroatoms. The van der Waals surface area contributed by atoms with E-state index in [2.05, 4.69) is 31.3 Å². The van der Waals surface area contributed by atoms with Crippen molar-refractivity contribution in [1.29, 1.82) is 0 Å². The van der Waals surface area contributed by atoms with Crippen molar-refractivity contribution in [3.63, 3.8) is 0 Å². The Labute approximate surface area is 98.5 Å². The van der Waals surface area contributed by atoms with Crippen LogP contribution in [0.3, 0.4) is 0 Å². The van der Waals surface area contributed by atoms with Crippen molar-refractivity contribution in [2.45, 2.75) is 51.5 Å². The van der Waals surface area contributed by atoms with Crippen LogP contribution in [0, 0.1) is 5.92 Å². The average molecular weight is 224 g/mol. The first-order chi connectivity index (χ1) is 7.65. The first kappa shape index (κ1) is 13.2. The van der Waals surface area contributed by atoms with Gasteiger partial charge in [0.25, 0.3) is 0 Å². The molecule has 3 N–H and O–H groups in total. The summed E-state index contributed by atoms with van der Waals surface area (Å²) in [6.45, 7) is 4.67. The standard InChI is InChI=1S/C13H24N2O/c1-3-13(4-2,10-14)15-12(16)9-11-7-5-6-8-11/h5,7,11H,3-4,6,8-10,14H2,1-2H3,(H,15,16).